The van der Waals surface area contributed by atoms with Gasteiger partial charge in [0.1, 0.15) is 0 Å². The molecule has 0 radical (unpaired) electrons. The molecule has 2 rings (SSSR count). The topological polar surface area (TPSA) is 75.3 Å². The molecule has 1 aromatic heterocycles. The Labute approximate surface area is 177 Å². The summed E-state index contributed by atoms with van der Waals surface area (Å²) in [5, 5.41) is 10.6. The summed E-state index contributed by atoms with van der Waals surface area (Å²) in [5.41, 5.74) is 2.54. The molecule has 0 saturated carbocycles. The molecule has 0 bridgehead atoms. The van der Waals surface area contributed by atoms with E-state index in [2.05, 4.69) is 57.1 Å². The highest BCUT2D eigenvalue weighted by atomic mass is 127. The Morgan fingerprint density at radius 3 is 2.69 bits per heavy atom. The van der Waals surface area contributed by atoms with Gasteiger partial charge < -0.3 is 15.2 Å². The van der Waals surface area contributed by atoms with Crippen molar-refractivity contribution < 1.29 is 4.52 Å². The molecule has 26 heavy (non-hydrogen) atoms. The minimum atomic E-state index is 0. The zero-order valence-corrected chi connectivity index (χ0v) is 19.1. The Balaban J connectivity index is 0.00000338. The number of nitrogens with one attached hydrogen (secondary N) is 2. The lowest BCUT2D eigenvalue weighted by Crippen LogP contribution is -2.38. The number of aromatic nitrogens is 2. The third-order valence-electron chi connectivity index (χ3n) is 3.74. The number of hydrogen-bond acceptors (Lipinski definition) is 5. The van der Waals surface area contributed by atoms with Crippen LogP contribution in [0.15, 0.2) is 32.6 Å². The third-order valence-corrected chi connectivity index (χ3v) is 4.56. The molecule has 1 aromatic carbocycles. The molecule has 8 heteroatoms. The summed E-state index contributed by atoms with van der Waals surface area (Å²) in [6.07, 6.45) is 2.77. The lowest BCUT2D eigenvalue weighted by Gasteiger charge is -2.13. The van der Waals surface area contributed by atoms with Crippen molar-refractivity contribution in [3.63, 3.8) is 0 Å². The minimum absolute atomic E-state index is 0. The predicted molar refractivity (Wildman–Crippen MR) is 119 cm³/mol. The number of halogens is 1. The molecule has 0 atom stereocenters. The van der Waals surface area contributed by atoms with Gasteiger partial charge >= 0.3 is 0 Å². The molecule has 2 aromatic rings. The first kappa shape index (κ1) is 22.8. The Hall–Kier alpha value is -1.29. The smallest absolute Gasteiger partial charge is 0.228 e. The Bertz CT molecular complexity index is 717. The SMILES string of the molecule is CN=C(NCCc1nc(C(C)C)no1)NCc1ccc(C)cc1SC.I. The number of nitrogens with zero attached hydrogens (tertiary/aromatic N) is 3. The molecule has 0 spiro atoms. The summed E-state index contributed by atoms with van der Waals surface area (Å²) in [7, 11) is 1.77. The maximum absolute atomic E-state index is 5.25. The van der Waals surface area contributed by atoms with E-state index in [1.165, 1.54) is 16.0 Å². The molecule has 2 N–H and O–H groups in total. The zero-order valence-electron chi connectivity index (χ0n) is 16.0. The van der Waals surface area contributed by atoms with Crippen molar-refractivity contribution >= 4 is 41.7 Å². The van der Waals surface area contributed by atoms with Crippen molar-refractivity contribution in [2.45, 2.75) is 44.6 Å². The van der Waals surface area contributed by atoms with Crippen LogP contribution in [0.4, 0.5) is 0 Å². The number of aliphatic imine (C=N–C) groups is 1. The van der Waals surface area contributed by atoms with Gasteiger partial charge in [-0.15, -0.1) is 35.7 Å². The lowest BCUT2D eigenvalue weighted by molar-refractivity contribution is 0.371. The Kier molecular flexibility index (Phi) is 10.0. The second-order valence-electron chi connectivity index (χ2n) is 6.12. The highest BCUT2D eigenvalue weighted by Gasteiger charge is 2.09. The molecular weight excluding hydrogens is 461 g/mol. The van der Waals surface area contributed by atoms with Crippen LogP contribution in [0.2, 0.25) is 0 Å². The predicted octanol–water partition coefficient (Wildman–Crippen LogP) is 3.75. The molecule has 0 aliphatic carbocycles. The first-order valence-electron chi connectivity index (χ1n) is 8.44. The lowest BCUT2D eigenvalue weighted by atomic mass is 10.1. The van der Waals surface area contributed by atoms with Crippen LogP contribution in [0, 0.1) is 6.92 Å². The van der Waals surface area contributed by atoms with E-state index in [1.54, 1.807) is 18.8 Å². The van der Waals surface area contributed by atoms with Gasteiger partial charge in [0.15, 0.2) is 11.8 Å². The van der Waals surface area contributed by atoms with Gasteiger partial charge in [0.2, 0.25) is 5.89 Å². The quantitative estimate of drug-likeness (QED) is 0.267. The molecule has 144 valence electrons. The molecule has 0 unspecified atom stereocenters. The van der Waals surface area contributed by atoms with E-state index < -0.39 is 0 Å². The van der Waals surface area contributed by atoms with Gasteiger partial charge in [-0.1, -0.05) is 31.1 Å². The first-order valence-corrected chi connectivity index (χ1v) is 9.66. The summed E-state index contributed by atoms with van der Waals surface area (Å²) >= 11 is 1.76. The fourth-order valence-electron chi connectivity index (χ4n) is 2.29. The van der Waals surface area contributed by atoms with Gasteiger partial charge in [-0.3, -0.25) is 4.99 Å². The first-order chi connectivity index (χ1) is 12.0. The fraction of sp³-hybridized carbons (Fsp3) is 0.500. The van der Waals surface area contributed by atoms with Crippen molar-refractivity contribution in [1.29, 1.82) is 0 Å². The van der Waals surface area contributed by atoms with Gasteiger partial charge in [0.05, 0.1) is 0 Å². The van der Waals surface area contributed by atoms with E-state index in [-0.39, 0.29) is 29.9 Å². The maximum Gasteiger partial charge on any atom is 0.228 e. The minimum Gasteiger partial charge on any atom is -0.356 e. The van der Waals surface area contributed by atoms with Crippen molar-refractivity contribution in [3.05, 3.63) is 41.0 Å². The van der Waals surface area contributed by atoms with Gasteiger partial charge in [0, 0.05) is 37.4 Å². The van der Waals surface area contributed by atoms with Crippen LogP contribution >= 0.6 is 35.7 Å². The van der Waals surface area contributed by atoms with E-state index in [0.717, 1.165) is 18.3 Å². The third kappa shape index (κ3) is 6.79. The maximum atomic E-state index is 5.25. The second kappa shape index (κ2) is 11.4. The fourth-order valence-corrected chi connectivity index (χ4v) is 3.00. The van der Waals surface area contributed by atoms with Crippen molar-refractivity contribution in [2.75, 3.05) is 19.8 Å². The summed E-state index contributed by atoms with van der Waals surface area (Å²) < 4.78 is 5.25. The van der Waals surface area contributed by atoms with E-state index in [4.69, 9.17) is 4.52 Å². The van der Waals surface area contributed by atoms with Crippen LogP contribution in [0.3, 0.4) is 0 Å². The van der Waals surface area contributed by atoms with Gasteiger partial charge in [-0.2, -0.15) is 4.98 Å². The number of guanidine groups is 1. The highest BCUT2D eigenvalue weighted by Crippen LogP contribution is 2.21. The van der Waals surface area contributed by atoms with Crippen LogP contribution in [0.1, 0.15) is 42.6 Å². The highest BCUT2D eigenvalue weighted by molar-refractivity contribution is 14.0. The van der Waals surface area contributed by atoms with E-state index in [9.17, 15) is 0 Å². The molecule has 1 heterocycles. The summed E-state index contributed by atoms with van der Waals surface area (Å²) in [4.78, 5) is 9.92. The van der Waals surface area contributed by atoms with Crippen molar-refractivity contribution in [2.24, 2.45) is 4.99 Å². The van der Waals surface area contributed by atoms with Crippen LogP contribution in [0.5, 0.6) is 0 Å². The average molecular weight is 489 g/mol. The second-order valence-corrected chi connectivity index (χ2v) is 6.97. The molecule has 0 fully saturated rings. The Morgan fingerprint density at radius 2 is 2.08 bits per heavy atom. The molecule has 0 aliphatic heterocycles. The van der Waals surface area contributed by atoms with E-state index in [0.29, 0.717) is 18.9 Å². The van der Waals surface area contributed by atoms with Crippen LogP contribution in [-0.4, -0.2) is 35.9 Å². The number of hydrogen-bond donors (Lipinski definition) is 2. The van der Waals surface area contributed by atoms with Crippen LogP contribution in [-0.2, 0) is 13.0 Å². The van der Waals surface area contributed by atoms with Gasteiger partial charge in [-0.05, 0) is 30.4 Å². The summed E-state index contributed by atoms with van der Waals surface area (Å²) in [6, 6.07) is 6.50. The summed E-state index contributed by atoms with van der Waals surface area (Å²) in [5.74, 6) is 2.44. The molecule has 6 nitrogen and oxygen atoms in total. The molecular formula is C18H28IN5OS. The summed E-state index contributed by atoms with van der Waals surface area (Å²) in [6.45, 7) is 7.62. The van der Waals surface area contributed by atoms with E-state index in [1.807, 2.05) is 13.8 Å². The Morgan fingerprint density at radius 1 is 1.31 bits per heavy atom. The number of rotatable bonds is 7. The van der Waals surface area contributed by atoms with Crippen LogP contribution in [0.25, 0.3) is 0 Å². The molecule has 0 amide bonds. The molecule has 0 aliphatic rings. The normalized spacial score (nSPS) is 11.4. The molecule has 0 saturated heterocycles. The van der Waals surface area contributed by atoms with E-state index >= 15 is 0 Å². The zero-order chi connectivity index (χ0) is 18.2. The van der Waals surface area contributed by atoms with Gasteiger partial charge in [-0.25, -0.2) is 0 Å². The monoisotopic (exact) mass is 489 g/mol. The van der Waals surface area contributed by atoms with Crippen molar-refractivity contribution in [3.8, 4) is 0 Å². The van der Waals surface area contributed by atoms with Gasteiger partial charge in [0.25, 0.3) is 0 Å². The standard InChI is InChI=1S/C18H27N5OS.HI/c1-12(2)17-22-16(24-23-17)8-9-20-18(19-4)21-11-14-7-6-13(3)10-15(14)25-5;/h6-7,10,12H,8-9,11H2,1-5H3,(H2,19,20,21);1H. The van der Waals surface area contributed by atoms with Crippen LogP contribution < -0.4 is 10.6 Å². The number of aryl methyl sites for hydroxylation is 1. The number of benzene rings is 1. The average Bonchev–Trinajstić information content (AvgIpc) is 3.07. The largest absolute Gasteiger partial charge is 0.356 e. The van der Waals surface area contributed by atoms with Crippen molar-refractivity contribution in [1.82, 2.24) is 20.8 Å². The number of thioether (sulfide) groups is 1.